The monoisotopic (exact) mass is 409 g/mol. The lowest BCUT2D eigenvalue weighted by molar-refractivity contribution is -0.115. The third kappa shape index (κ3) is 4.00. The Morgan fingerprint density at radius 1 is 1.07 bits per heavy atom. The summed E-state index contributed by atoms with van der Waals surface area (Å²) in [5, 5.41) is 17.7. The number of rotatable bonds is 5. The molecule has 0 aliphatic rings. The van der Waals surface area contributed by atoms with E-state index in [1.54, 1.807) is 16.8 Å². The molecule has 1 amide bonds. The van der Waals surface area contributed by atoms with Crippen molar-refractivity contribution >= 4 is 45.7 Å². The van der Waals surface area contributed by atoms with Gasteiger partial charge in [0, 0.05) is 10.7 Å². The maximum atomic E-state index is 12.6. The van der Waals surface area contributed by atoms with Gasteiger partial charge < -0.3 is 5.32 Å². The van der Waals surface area contributed by atoms with Crippen LogP contribution < -0.4 is 5.32 Å². The molecule has 1 atom stereocenters. The number of nitrogens with zero attached hydrogens (tertiary/aromatic N) is 4. The number of benzene rings is 3. The van der Waals surface area contributed by atoms with E-state index < -0.39 is 0 Å². The molecule has 1 heterocycles. The molecule has 0 bridgehead atoms. The Balaban J connectivity index is 1.47. The molecule has 0 saturated heterocycles. The lowest BCUT2D eigenvalue weighted by atomic mass is 10.1. The molecule has 1 aromatic heterocycles. The predicted molar refractivity (Wildman–Crippen MR) is 112 cm³/mol. The minimum atomic E-state index is -0.386. The van der Waals surface area contributed by atoms with Crippen molar-refractivity contribution in [1.29, 1.82) is 0 Å². The Hall–Kier alpha value is -2.90. The van der Waals surface area contributed by atoms with Gasteiger partial charge in [-0.1, -0.05) is 53.7 Å². The van der Waals surface area contributed by atoms with Crippen LogP contribution >= 0.6 is 23.4 Å². The van der Waals surface area contributed by atoms with Gasteiger partial charge in [-0.15, -0.1) is 5.10 Å². The van der Waals surface area contributed by atoms with Crippen LogP contribution in [-0.4, -0.2) is 31.4 Å². The fourth-order valence-corrected chi connectivity index (χ4v) is 3.65. The zero-order valence-corrected chi connectivity index (χ0v) is 16.5. The highest BCUT2D eigenvalue weighted by Crippen LogP contribution is 2.25. The fourth-order valence-electron chi connectivity index (χ4n) is 2.72. The number of hydrogen-bond donors (Lipinski definition) is 1. The molecule has 8 heteroatoms. The zero-order chi connectivity index (χ0) is 19.5. The van der Waals surface area contributed by atoms with E-state index >= 15 is 0 Å². The van der Waals surface area contributed by atoms with Crippen LogP contribution in [0.25, 0.3) is 16.5 Å². The average Bonchev–Trinajstić information content (AvgIpc) is 3.16. The van der Waals surface area contributed by atoms with Crippen LogP contribution in [0.4, 0.5) is 5.69 Å². The maximum absolute atomic E-state index is 12.6. The average molecular weight is 410 g/mol. The first-order valence-electron chi connectivity index (χ1n) is 8.61. The molecule has 3 aromatic carbocycles. The largest absolute Gasteiger partial charge is 0.325 e. The Morgan fingerprint density at radius 3 is 2.61 bits per heavy atom. The second-order valence-corrected chi connectivity index (χ2v) is 7.91. The number of carbonyl (C=O) groups excluding carboxylic acids is 1. The highest BCUT2D eigenvalue weighted by atomic mass is 35.5. The highest BCUT2D eigenvalue weighted by molar-refractivity contribution is 8.00. The van der Waals surface area contributed by atoms with Gasteiger partial charge in [-0.3, -0.25) is 4.79 Å². The number of hydrogen-bond acceptors (Lipinski definition) is 5. The number of tetrazole rings is 1. The molecule has 0 radical (unpaired) electrons. The van der Waals surface area contributed by atoms with Crippen LogP contribution in [0.3, 0.4) is 0 Å². The molecule has 1 unspecified atom stereocenters. The summed E-state index contributed by atoms with van der Waals surface area (Å²) in [7, 11) is 0. The smallest absolute Gasteiger partial charge is 0.237 e. The second-order valence-electron chi connectivity index (χ2n) is 6.16. The number of nitrogens with one attached hydrogen (secondary N) is 1. The van der Waals surface area contributed by atoms with E-state index in [1.807, 2.05) is 61.5 Å². The topological polar surface area (TPSA) is 72.7 Å². The molecule has 0 saturated carbocycles. The molecule has 28 heavy (non-hydrogen) atoms. The van der Waals surface area contributed by atoms with E-state index in [4.69, 9.17) is 11.6 Å². The van der Waals surface area contributed by atoms with E-state index in [2.05, 4.69) is 20.8 Å². The fraction of sp³-hybridized carbons (Fsp3) is 0.100. The third-order valence-corrected chi connectivity index (χ3v) is 5.47. The molecule has 0 aliphatic carbocycles. The van der Waals surface area contributed by atoms with Crippen LogP contribution in [0, 0.1) is 0 Å². The van der Waals surface area contributed by atoms with Gasteiger partial charge >= 0.3 is 0 Å². The lowest BCUT2D eigenvalue weighted by Crippen LogP contribution is -2.22. The summed E-state index contributed by atoms with van der Waals surface area (Å²) in [6, 6.07) is 21.0. The van der Waals surface area contributed by atoms with Crippen molar-refractivity contribution in [2.45, 2.75) is 17.3 Å². The molecule has 1 N–H and O–H groups in total. The standard InChI is InChI=1S/C20H16ClN5OS/c1-13(19(27)22-17-9-6-14-4-2-3-5-15(14)12-17)28-20-23-24-25-26(20)18-10-7-16(21)8-11-18/h2-13H,1H3,(H,22,27). The highest BCUT2D eigenvalue weighted by Gasteiger charge is 2.19. The van der Waals surface area contributed by atoms with E-state index in [0.717, 1.165) is 22.1 Å². The minimum Gasteiger partial charge on any atom is -0.325 e. The third-order valence-electron chi connectivity index (χ3n) is 4.18. The van der Waals surface area contributed by atoms with Crippen molar-refractivity contribution in [3.63, 3.8) is 0 Å². The van der Waals surface area contributed by atoms with Crippen LogP contribution in [0.5, 0.6) is 0 Å². The van der Waals surface area contributed by atoms with Crippen LogP contribution in [-0.2, 0) is 4.79 Å². The van der Waals surface area contributed by atoms with E-state index in [0.29, 0.717) is 10.2 Å². The van der Waals surface area contributed by atoms with Crippen molar-refractivity contribution in [3.05, 3.63) is 71.8 Å². The maximum Gasteiger partial charge on any atom is 0.237 e. The quantitative estimate of drug-likeness (QED) is 0.488. The lowest BCUT2D eigenvalue weighted by Gasteiger charge is -2.12. The molecule has 4 rings (SSSR count). The van der Waals surface area contributed by atoms with Crippen molar-refractivity contribution in [2.75, 3.05) is 5.32 Å². The molecule has 0 spiro atoms. The number of halogens is 1. The van der Waals surface area contributed by atoms with Gasteiger partial charge in [0.05, 0.1) is 10.9 Å². The Morgan fingerprint density at radius 2 is 1.82 bits per heavy atom. The normalized spacial score (nSPS) is 12.1. The molecule has 0 fully saturated rings. The summed E-state index contributed by atoms with van der Waals surface area (Å²) >= 11 is 7.22. The molecule has 4 aromatic rings. The second kappa shape index (κ2) is 8.00. The van der Waals surface area contributed by atoms with Crippen LogP contribution in [0.15, 0.2) is 71.9 Å². The van der Waals surface area contributed by atoms with Crippen LogP contribution in [0.1, 0.15) is 6.92 Å². The first kappa shape index (κ1) is 18.5. The number of anilines is 1. The SMILES string of the molecule is CC(Sc1nnnn1-c1ccc(Cl)cc1)C(=O)Nc1ccc2ccccc2c1. The summed E-state index contributed by atoms with van der Waals surface area (Å²) in [5.74, 6) is -0.120. The molecular weight excluding hydrogens is 394 g/mol. The summed E-state index contributed by atoms with van der Waals surface area (Å²) in [6.45, 7) is 1.82. The molecule has 6 nitrogen and oxygen atoms in total. The molecule has 140 valence electrons. The van der Waals surface area contributed by atoms with E-state index in [-0.39, 0.29) is 11.2 Å². The van der Waals surface area contributed by atoms with E-state index in [9.17, 15) is 4.79 Å². The number of aromatic nitrogens is 4. The van der Waals surface area contributed by atoms with Gasteiger partial charge in [0.2, 0.25) is 11.1 Å². The summed E-state index contributed by atoms with van der Waals surface area (Å²) < 4.78 is 1.58. The summed E-state index contributed by atoms with van der Waals surface area (Å²) in [4.78, 5) is 12.6. The Labute approximate surface area is 170 Å². The van der Waals surface area contributed by atoms with Crippen molar-refractivity contribution in [2.24, 2.45) is 0 Å². The Bertz CT molecular complexity index is 1130. The van der Waals surface area contributed by atoms with Crippen LogP contribution in [0.2, 0.25) is 5.02 Å². The summed E-state index contributed by atoms with van der Waals surface area (Å²) in [5.41, 5.74) is 1.53. The van der Waals surface area contributed by atoms with Crippen molar-refractivity contribution in [3.8, 4) is 5.69 Å². The summed E-state index contributed by atoms with van der Waals surface area (Å²) in [6.07, 6.45) is 0. The number of amides is 1. The minimum absolute atomic E-state index is 0.120. The van der Waals surface area contributed by atoms with Gasteiger partial charge in [-0.2, -0.15) is 4.68 Å². The van der Waals surface area contributed by atoms with Crippen molar-refractivity contribution in [1.82, 2.24) is 20.2 Å². The molecule has 0 aliphatic heterocycles. The zero-order valence-electron chi connectivity index (χ0n) is 14.9. The first-order chi connectivity index (χ1) is 13.6. The number of fused-ring (bicyclic) bond motifs is 1. The van der Waals surface area contributed by atoms with Crippen molar-refractivity contribution < 1.29 is 4.79 Å². The number of thioether (sulfide) groups is 1. The van der Waals surface area contributed by atoms with Gasteiger partial charge in [0.1, 0.15) is 0 Å². The first-order valence-corrected chi connectivity index (χ1v) is 9.86. The molecular formula is C20H16ClN5OS. The van der Waals surface area contributed by atoms with Gasteiger partial charge in [0.15, 0.2) is 0 Å². The van der Waals surface area contributed by atoms with E-state index in [1.165, 1.54) is 11.8 Å². The van der Waals surface area contributed by atoms with Gasteiger partial charge in [-0.25, -0.2) is 0 Å². The predicted octanol–water partition coefficient (Wildman–Crippen LogP) is 4.59. The van der Waals surface area contributed by atoms with Gasteiger partial charge in [-0.05, 0) is 64.5 Å². The Kier molecular flexibility index (Phi) is 5.27. The van der Waals surface area contributed by atoms with Gasteiger partial charge in [0.25, 0.3) is 0 Å². The number of carbonyl (C=O) groups is 1.